The molecule has 0 spiro atoms. The van der Waals surface area contributed by atoms with E-state index in [0.29, 0.717) is 12.3 Å². The first-order valence-electron chi connectivity index (χ1n) is 5.10. The number of epoxide rings is 1. The van der Waals surface area contributed by atoms with E-state index in [1.807, 2.05) is 6.08 Å². The van der Waals surface area contributed by atoms with Crippen molar-refractivity contribution in [2.45, 2.75) is 31.6 Å². The summed E-state index contributed by atoms with van der Waals surface area (Å²) < 4.78 is 5.55. The fourth-order valence-corrected chi connectivity index (χ4v) is 1.91. The second-order valence-electron chi connectivity index (χ2n) is 3.71. The summed E-state index contributed by atoms with van der Waals surface area (Å²) in [5, 5.41) is 0. The van der Waals surface area contributed by atoms with Crippen molar-refractivity contribution in [3.05, 3.63) is 24.8 Å². The molecule has 2 saturated heterocycles. The van der Waals surface area contributed by atoms with Crippen molar-refractivity contribution in [1.29, 1.82) is 0 Å². The summed E-state index contributed by atoms with van der Waals surface area (Å²) in [6.07, 6.45) is 10.6. The van der Waals surface area contributed by atoms with Crippen LogP contribution in [0.25, 0.3) is 0 Å². The normalized spacial score (nSPS) is 35.1. The van der Waals surface area contributed by atoms with Crippen LogP contribution in [0.2, 0.25) is 0 Å². The van der Waals surface area contributed by atoms with E-state index in [-0.39, 0.29) is 0 Å². The van der Waals surface area contributed by atoms with Crippen LogP contribution in [0.15, 0.2) is 24.8 Å². The van der Waals surface area contributed by atoms with E-state index < -0.39 is 0 Å². The molecule has 0 radical (unpaired) electrons. The zero-order chi connectivity index (χ0) is 9.10. The maximum Gasteiger partial charge on any atom is 0.141 e. The molecule has 2 fully saturated rings. The Morgan fingerprint density at radius 2 is 2.00 bits per heavy atom. The van der Waals surface area contributed by atoms with Crippen molar-refractivity contribution in [2.75, 3.05) is 13.1 Å². The number of hydrogen-bond donors (Lipinski definition) is 0. The van der Waals surface area contributed by atoms with E-state index in [4.69, 9.17) is 4.74 Å². The lowest BCUT2D eigenvalue weighted by molar-refractivity contribution is 0.149. The molecule has 0 aromatic rings. The molecule has 2 heteroatoms. The van der Waals surface area contributed by atoms with Crippen molar-refractivity contribution >= 4 is 0 Å². The average Bonchev–Trinajstić information content (AvgIpc) is 2.95. The summed E-state index contributed by atoms with van der Waals surface area (Å²) in [4.78, 5) is 2.45. The number of ether oxygens (including phenoxy) is 1. The molecule has 2 rings (SSSR count). The van der Waals surface area contributed by atoms with Crippen LogP contribution in [0.5, 0.6) is 0 Å². The molecular formula is C11H17NO. The van der Waals surface area contributed by atoms with E-state index in [1.165, 1.54) is 32.4 Å². The van der Waals surface area contributed by atoms with Gasteiger partial charge in [-0.25, -0.2) is 0 Å². The molecule has 0 aromatic carbocycles. The number of rotatable bonds is 3. The standard InChI is InChI=1S/C11H17NO/c1-2-3-7-10-11(13-10)12-8-5-4-6-9-12/h2-3,7,10-11H,1,4-6,8-9H2/b7-3+. The highest BCUT2D eigenvalue weighted by molar-refractivity contribution is 5.08. The highest BCUT2D eigenvalue weighted by Crippen LogP contribution is 2.29. The van der Waals surface area contributed by atoms with Crippen molar-refractivity contribution < 1.29 is 4.74 Å². The van der Waals surface area contributed by atoms with Crippen LogP contribution in [0.1, 0.15) is 19.3 Å². The average molecular weight is 179 g/mol. The zero-order valence-electron chi connectivity index (χ0n) is 7.98. The summed E-state index contributed by atoms with van der Waals surface area (Å²) in [6, 6.07) is 0. The highest BCUT2D eigenvalue weighted by Gasteiger charge is 2.41. The van der Waals surface area contributed by atoms with Gasteiger partial charge in [0.1, 0.15) is 12.3 Å². The minimum atomic E-state index is 0.330. The predicted molar refractivity (Wildman–Crippen MR) is 53.4 cm³/mol. The minimum absolute atomic E-state index is 0.330. The third-order valence-electron chi connectivity index (χ3n) is 2.69. The molecular weight excluding hydrogens is 162 g/mol. The van der Waals surface area contributed by atoms with Gasteiger partial charge in [-0.3, -0.25) is 4.90 Å². The second-order valence-corrected chi connectivity index (χ2v) is 3.71. The SMILES string of the molecule is C=C/C=C/C1OC1N1CCCCC1. The van der Waals surface area contributed by atoms with Gasteiger partial charge in [-0.15, -0.1) is 0 Å². The highest BCUT2D eigenvalue weighted by atomic mass is 16.6. The van der Waals surface area contributed by atoms with Gasteiger partial charge in [0.05, 0.1) is 0 Å². The largest absolute Gasteiger partial charge is 0.349 e. The Hall–Kier alpha value is -0.600. The van der Waals surface area contributed by atoms with Crippen LogP contribution < -0.4 is 0 Å². The Bertz CT molecular complexity index is 206. The Morgan fingerprint density at radius 3 is 2.69 bits per heavy atom. The lowest BCUT2D eigenvalue weighted by atomic mass is 10.1. The van der Waals surface area contributed by atoms with Gasteiger partial charge < -0.3 is 4.74 Å². The summed E-state index contributed by atoms with van der Waals surface area (Å²) in [5.74, 6) is 0. The number of hydrogen-bond acceptors (Lipinski definition) is 2. The van der Waals surface area contributed by atoms with Crippen molar-refractivity contribution in [3.8, 4) is 0 Å². The van der Waals surface area contributed by atoms with E-state index >= 15 is 0 Å². The molecule has 2 aliphatic heterocycles. The molecule has 0 amide bonds. The first-order valence-corrected chi connectivity index (χ1v) is 5.10. The number of likely N-dealkylation sites (tertiary alicyclic amines) is 1. The summed E-state index contributed by atoms with van der Waals surface area (Å²) in [7, 11) is 0. The molecule has 2 atom stereocenters. The summed E-state index contributed by atoms with van der Waals surface area (Å²) in [6.45, 7) is 6.06. The van der Waals surface area contributed by atoms with Crippen molar-refractivity contribution in [2.24, 2.45) is 0 Å². The zero-order valence-corrected chi connectivity index (χ0v) is 7.98. The number of piperidine rings is 1. The smallest absolute Gasteiger partial charge is 0.141 e. The molecule has 2 nitrogen and oxygen atoms in total. The van der Waals surface area contributed by atoms with Gasteiger partial charge in [-0.1, -0.05) is 31.2 Å². The van der Waals surface area contributed by atoms with Crippen LogP contribution >= 0.6 is 0 Å². The van der Waals surface area contributed by atoms with Gasteiger partial charge in [0, 0.05) is 13.1 Å². The van der Waals surface area contributed by atoms with Gasteiger partial charge in [0.15, 0.2) is 0 Å². The van der Waals surface area contributed by atoms with Gasteiger partial charge in [-0.05, 0) is 12.8 Å². The Balaban J connectivity index is 1.77. The fourth-order valence-electron chi connectivity index (χ4n) is 1.91. The lowest BCUT2D eigenvalue weighted by Crippen LogP contribution is -2.33. The molecule has 2 unspecified atom stereocenters. The molecule has 72 valence electrons. The van der Waals surface area contributed by atoms with Crippen LogP contribution in [0, 0.1) is 0 Å². The van der Waals surface area contributed by atoms with Crippen molar-refractivity contribution in [3.63, 3.8) is 0 Å². The molecule has 0 N–H and O–H groups in total. The molecule has 0 bridgehead atoms. The van der Waals surface area contributed by atoms with Gasteiger partial charge in [0.25, 0.3) is 0 Å². The van der Waals surface area contributed by atoms with E-state index in [9.17, 15) is 0 Å². The molecule has 0 saturated carbocycles. The van der Waals surface area contributed by atoms with E-state index in [1.54, 1.807) is 6.08 Å². The Labute approximate surface area is 79.9 Å². The minimum Gasteiger partial charge on any atom is -0.349 e. The third kappa shape index (κ3) is 2.20. The first kappa shape index (κ1) is 8.97. The van der Waals surface area contributed by atoms with E-state index in [2.05, 4.69) is 17.6 Å². The Morgan fingerprint density at radius 1 is 1.23 bits per heavy atom. The summed E-state index contributed by atoms with van der Waals surface area (Å²) >= 11 is 0. The van der Waals surface area contributed by atoms with Crippen molar-refractivity contribution in [1.82, 2.24) is 4.90 Å². The van der Waals surface area contributed by atoms with Crippen LogP contribution in [-0.2, 0) is 4.74 Å². The van der Waals surface area contributed by atoms with Crippen LogP contribution in [0.3, 0.4) is 0 Å². The van der Waals surface area contributed by atoms with E-state index in [0.717, 1.165) is 0 Å². The molecule has 2 aliphatic rings. The first-order chi connectivity index (χ1) is 6.42. The summed E-state index contributed by atoms with van der Waals surface area (Å²) in [5.41, 5.74) is 0. The predicted octanol–water partition coefficient (Wildman–Crippen LogP) is 1.94. The van der Waals surface area contributed by atoms with Crippen LogP contribution in [0.4, 0.5) is 0 Å². The topological polar surface area (TPSA) is 15.8 Å². The quantitative estimate of drug-likeness (QED) is 0.486. The second kappa shape index (κ2) is 4.07. The van der Waals surface area contributed by atoms with Crippen LogP contribution in [-0.4, -0.2) is 30.3 Å². The lowest BCUT2D eigenvalue weighted by Gasteiger charge is -2.24. The third-order valence-corrected chi connectivity index (χ3v) is 2.69. The molecule has 13 heavy (non-hydrogen) atoms. The fraction of sp³-hybridized carbons (Fsp3) is 0.636. The monoisotopic (exact) mass is 179 g/mol. The maximum absolute atomic E-state index is 5.55. The van der Waals surface area contributed by atoms with Gasteiger partial charge in [0.2, 0.25) is 0 Å². The number of allylic oxidation sites excluding steroid dienone is 2. The van der Waals surface area contributed by atoms with Gasteiger partial charge in [-0.2, -0.15) is 0 Å². The maximum atomic E-state index is 5.55. The molecule has 0 aromatic heterocycles. The Kier molecular flexibility index (Phi) is 2.81. The van der Waals surface area contributed by atoms with Gasteiger partial charge >= 0.3 is 0 Å². The molecule has 2 heterocycles. The molecule has 0 aliphatic carbocycles. The number of nitrogens with zero attached hydrogens (tertiary/aromatic N) is 1.